The van der Waals surface area contributed by atoms with Crippen molar-refractivity contribution in [2.45, 2.75) is 53.0 Å². The van der Waals surface area contributed by atoms with Gasteiger partial charge in [-0.3, -0.25) is 14.4 Å². The number of Topliss-reactive ketones (excluding diaryl/α,β-unsaturated/α-hetero) is 1. The Morgan fingerprint density at radius 2 is 1.79 bits per heavy atom. The van der Waals surface area contributed by atoms with E-state index in [2.05, 4.69) is 15.5 Å². The molecule has 0 aliphatic carbocycles. The van der Waals surface area contributed by atoms with Gasteiger partial charge in [0.1, 0.15) is 0 Å². The third kappa shape index (κ3) is 8.18. The highest BCUT2D eigenvalue weighted by Crippen LogP contribution is 2.15. The molecule has 1 aromatic rings. The van der Waals surface area contributed by atoms with Gasteiger partial charge in [0.05, 0.1) is 36.7 Å². The van der Waals surface area contributed by atoms with Crippen molar-refractivity contribution in [3.63, 3.8) is 0 Å². The molecule has 2 atom stereocenters. The zero-order valence-corrected chi connectivity index (χ0v) is 20.5. The van der Waals surface area contributed by atoms with Crippen LogP contribution in [0.15, 0.2) is 4.52 Å². The molecule has 0 saturated carbocycles. The van der Waals surface area contributed by atoms with Crippen LogP contribution in [0.3, 0.4) is 0 Å². The van der Waals surface area contributed by atoms with E-state index < -0.39 is 39.2 Å². The molecule has 12 heteroatoms. The summed E-state index contributed by atoms with van der Waals surface area (Å²) in [5.41, 5.74) is 0. The van der Waals surface area contributed by atoms with E-state index in [-0.39, 0.29) is 36.3 Å². The molecule has 0 bridgehead atoms. The second-order valence-corrected chi connectivity index (χ2v) is 10.7. The maximum absolute atomic E-state index is 13.1. The highest BCUT2D eigenvalue weighted by Gasteiger charge is 2.33. The van der Waals surface area contributed by atoms with Crippen LogP contribution in [0.5, 0.6) is 0 Å². The van der Waals surface area contributed by atoms with Crippen LogP contribution in [0, 0.1) is 11.8 Å². The van der Waals surface area contributed by atoms with Crippen molar-refractivity contribution in [1.82, 2.24) is 20.4 Å². The zero-order valence-electron chi connectivity index (χ0n) is 19.7. The minimum absolute atomic E-state index is 0.0968. The molecule has 1 saturated heterocycles. The number of amides is 2. The van der Waals surface area contributed by atoms with Crippen LogP contribution in [0.2, 0.25) is 0 Å². The number of carbonyl (C=O) groups is 3. The number of hydrogen-bond acceptors (Lipinski definition) is 9. The van der Waals surface area contributed by atoms with Gasteiger partial charge in [0.15, 0.2) is 15.7 Å². The van der Waals surface area contributed by atoms with Gasteiger partial charge in [-0.25, -0.2) is 8.42 Å². The quantitative estimate of drug-likeness (QED) is 0.420. The van der Waals surface area contributed by atoms with Gasteiger partial charge in [0.25, 0.3) is 5.89 Å². The van der Waals surface area contributed by atoms with E-state index in [1.807, 2.05) is 6.92 Å². The van der Waals surface area contributed by atoms with E-state index in [1.54, 1.807) is 25.7 Å². The van der Waals surface area contributed by atoms with Crippen LogP contribution in [-0.2, 0) is 30.6 Å². The van der Waals surface area contributed by atoms with E-state index in [0.29, 0.717) is 38.5 Å². The molecule has 0 radical (unpaired) electrons. The van der Waals surface area contributed by atoms with Gasteiger partial charge >= 0.3 is 0 Å². The van der Waals surface area contributed by atoms with Crippen LogP contribution < -0.4 is 5.32 Å². The summed E-state index contributed by atoms with van der Waals surface area (Å²) in [5, 5.41) is 6.29. The van der Waals surface area contributed by atoms with Crippen molar-refractivity contribution < 1.29 is 32.1 Å². The van der Waals surface area contributed by atoms with Crippen molar-refractivity contribution in [1.29, 1.82) is 0 Å². The minimum Gasteiger partial charge on any atom is -0.378 e. The third-order valence-corrected chi connectivity index (χ3v) is 7.32. The van der Waals surface area contributed by atoms with Crippen molar-refractivity contribution in [2.75, 3.05) is 37.8 Å². The van der Waals surface area contributed by atoms with Gasteiger partial charge in [-0.1, -0.05) is 32.9 Å². The number of nitrogens with one attached hydrogen (secondary N) is 1. The van der Waals surface area contributed by atoms with E-state index in [4.69, 9.17) is 9.26 Å². The number of carbonyl (C=O) groups excluding carboxylic acids is 3. The average Bonchev–Trinajstić information content (AvgIpc) is 3.25. The van der Waals surface area contributed by atoms with Gasteiger partial charge in [0.2, 0.25) is 17.6 Å². The molecular formula is C21H34N4O7S. The monoisotopic (exact) mass is 486 g/mol. The molecule has 0 aromatic carbocycles. The van der Waals surface area contributed by atoms with Crippen LogP contribution in [0.4, 0.5) is 0 Å². The van der Waals surface area contributed by atoms with Crippen LogP contribution in [0.25, 0.3) is 0 Å². The Bertz CT molecular complexity index is 923. The SMILES string of the molecule is CCc1noc(C(=O)[C@@H](CC)NC(=O)[C@H](CC(=O)N2CCOCC2)CS(=O)(=O)CC(C)C)n1. The maximum Gasteiger partial charge on any atom is 0.296 e. The number of ether oxygens (including phenoxy) is 1. The first-order chi connectivity index (χ1) is 15.6. The predicted octanol–water partition coefficient (Wildman–Crippen LogP) is 0.645. The molecular weight excluding hydrogens is 452 g/mol. The molecule has 1 aliphatic heterocycles. The molecule has 186 valence electrons. The summed E-state index contributed by atoms with van der Waals surface area (Å²) in [6.45, 7) is 8.61. The Kier molecular flexibility index (Phi) is 9.96. The lowest BCUT2D eigenvalue weighted by molar-refractivity contribution is -0.139. The fraction of sp³-hybridized carbons (Fsp3) is 0.762. The summed E-state index contributed by atoms with van der Waals surface area (Å²) < 4.78 is 35.5. The Labute approximate surface area is 194 Å². The highest BCUT2D eigenvalue weighted by molar-refractivity contribution is 7.91. The lowest BCUT2D eigenvalue weighted by Gasteiger charge is -2.28. The van der Waals surface area contributed by atoms with Gasteiger partial charge in [-0.15, -0.1) is 0 Å². The molecule has 11 nitrogen and oxygen atoms in total. The van der Waals surface area contributed by atoms with Crippen LogP contribution in [-0.4, -0.2) is 84.9 Å². The van der Waals surface area contributed by atoms with Crippen molar-refractivity contribution >= 4 is 27.4 Å². The Balaban J connectivity index is 2.17. The average molecular weight is 487 g/mol. The number of rotatable bonds is 12. The Morgan fingerprint density at radius 3 is 2.33 bits per heavy atom. The molecule has 2 heterocycles. The number of aryl methyl sites for hydroxylation is 1. The summed E-state index contributed by atoms with van der Waals surface area (Å²) in [5.74, 6) is -3.20. The highest BCUT2D eigenvalue weighted by atomic mass is 32.2. The van der Waals surface area contributed by atoms with Crippen molar-refractivity contribution in [3.05, 3.63) is 11.7 Å². The fourth-order valence-electron chi connectivity index (χ4n) is 3.55. The topological polar surface area (TPSA) is 149 Å². The fourth-order valence-corrected chi connectivity index (χ4v) is 5.59. The molecule has 1 fully saturated rings. The summed E-state index contributed by atoms with van der Waals surface area (Å²) >= 11 is 0. The number of sulfone groups is 1. The molecule has 0 unspecified atom stereocenters. The summed E-state index contributed by atoms with van der Waals surface area (Å²) in [7, 11) is -3.60. The maximum atomic E-state index is 13.1. The number of morpholine rings is 1. The zero-order chi connectivity index (χ0) is 24.6. The van der Waals surface area contributed by atoms with Crippen molar-refractivity contribution in [2.24, 2.45) is 11.8 Å². The lowest BCUT2D eigenvalue weighted by Crippen LogP contribution is -2.47. The number of aromatic nitrogens is 2. The number of ketones is 1. The summed E-state index contributed by atoms with van der Waals surface area (Å²) in [6.07, 6.45) is 0.449. The number of hydrogen-bond donors (Lipinski definition) is 1. The van der Waals surface area contributed by atoms with Crippen LogP contribution >= 0.6 is 0 Å². The van der Waals surface area contributed by atoms with E-state index in [1.165, 1.54) is 0 Å². The van der Waals surface area contributed by atoms with Crippen LogP contribution in [0.1, 0.15) is 57.0 Å². The summed E-state index contributed by atoms with van der Waals surface area (Å²) in [4.78, 5) is 44.2. The smallest absolute Gasteiger partial charge is 0.296 e. The molecule has 33 heavy (non-hydrogen) atoms. The Hall–Kier alpha value is -2.34. The Morgan fingerprint density at radius 1 is 1.12 bits per heavy atom. The molecule has 0 spiro atoms. The van der Waals surface area contributed by atoms with Gasteiger partial charge < -0.3 is 19.5 Å². The first-order valence-electron chi connectivity index (χ1n) is 11.3. The second-order valence-electron chi connectivity index (χ2n) is 8.57. The predicted molar refractivity (Wildman–Crippen MR) is 119 cm³/mol. The molecule has 2 amide bonds. The van der Waals surface area contributed by atoms with E-state index in [9.17, 15) is 22.8 Å². The summed E-state index contributed by atoms with van der Waals surface area (Å²) in [6, 6.07) is -0.976. The van der Waals surface area contributed by atoms with Gasteiger partial charge in [-0.05, 0) is 12.3 Å². The molecule has 2 rings (SSSR count). The van der Waals surface area contributed by atoms with Crippen molar-refractivity contribution in [3.8, 4) is 0 Å². The molecule has 1 aliphatic rings. The van der Waals surface area contributed by atoms with E-state index >= 15 is 0 Å². The second kappa shape index (κ2) is 12.2. The van der Waals surface area contributed by atoms with Gasteiger partial charge in [0, 0.05) is 25.9 Å². The number of nitrogens with zero attached hydrogens (tertiary/aromatic N) is 3. The third-order valence-electron chi connectivity index (χ3n) is 5.23. The minimum atomic E-state index is -3.60. The normalized spacial score (nSPS) is 16.5. The first-order valence-corrected chi connectivity index (χ1v) is 13.1. The van der Waals surface area contributed by atoms with Gasteiger partial charge in [-0.2, -0.15) is 4.98 Å². The molecule has 1 aromatic heterocycles. The standard InChI is InChI=1S/C21H34N4O7S/c1-5-16(19(27)21-23-17(6-2)24-32-21)22-20(28)15(13-33(29,30)12-14(3)4)11-18(26)25-7-9-31-10-8-25/h14-16H,5-13H2,1-4H3,(H,22,28)/t15-,16-/m1/s1. The first kappa shape index (κ1) is 26.9. The largest absolute Gasteiger partial charge is 0.378 e. The molecule has 1 N–H and O–H groups in total. The lowest BCUT2D eigenvalue weighted by atomic mass is 10.0. The van der Waals surface area contributed by atoms with E-state index in [0.717, 1.165) is 0 Å².